The maximum atomic E-state index is 12.1. The zero-order valence-corrected chi connectivity index (χ0v) is 22.3. The normalized spacial score (nSPS) is 12.5. The average Bonchev–Trinajstić information content (AvgIpc) is 2.58. The Labute approximate surface area is 210 Å². The Bertz CT molecular complexity index is 554. The van der Waals surface area contributed by atoms with Crippen LogP contribution in [0.2, 0.25) is 0 Å². The van der Waals surface area contributed by atoms with Crippen LogP contribution in [0, 0.1) is 5.41 Å². The van der Waals surface area contributed by atoms with Crippen LogP contribution in [-0.2, 0) is 19.7 Å². The molecule has 0 aromatic carbocycles. The molecular formula is C20H38ClNaO7S. The zero-order chi connectivity index (χ0) is 21.6. The van der Waals surface area contributed by atoms with E-state index in [0.29, 0.717) is 25.7 Å². The van der Waals surface area contributed by atoms with Gasteiger partial charge < -0.3 is 22.6 Å². The van der Waals surface area contributed by atoms with E-state index in [-0.39, 0.29) is 54.8 Å². The molecule has 0 heterocycles. The number of carboxylic acids is 2. The van der Waals surface area contributed by atoms with E-state index in [0.717, 1.165) is 51.4 Å². The van der Waals surface area contributed by atoms with Crippen LogP contribution in [0.4, 0.5) is 0 Å². The first-order valence-corrected chi connectivity index (χ1v) is 12.1. The number of hydrogen-bond donors (Lipinski definition) is 3. The predicted molar refractivity (Wildman–Crippen MR) is 109 cm³/mol. The van der Waals surface area contributed by atoms with Gasteiger partial charge in [0.1, 0.15) is 0 Å². The van der Waals surface area contributed by atoms with Crippen molar-refractivity contribution in [2.24, 2.45) is 5.41 Å². The van der Waals surface area contributed by atoms with Crippen LogP contribution in [-0.4, -0.2) is 40.4 Å². The van der Waals surface area contributed by atoms with Gasteiger partial charge in [-0.15, -0.1) is 0 Å². The maximum Gasteiger partial charge on any atom is 1.00 e. The summed E-state index contributed by atoms with van der Waals surface area (Å²) in [6.45, 7) is 4.17. The second-order valence-electron chi connectivity index (χ2n) is 7.73. The first-order valence-electron chi connectivity index (χ1n) is 10.6. The molecule has 7 nitrogen and oxygen atoms in total. The van der Waals surface area contributed by atoms with Gasteiger partial charge in [0, 0.05) is 0 Å². The monoisotopic (exact) mass is 480 g/mol. The molecule has 0 amide bonds. The molecular weight excluding hydrogens is 443 g/mol. The van der Waals surface area contributed by atoms with E-state index in [1.807, 2.05) is 0 Å². The van der Waals surface area contributed by atoms with Gasteiger partial charge in [0.25, 0.3) is 10.1 Å². The van der Waals surface area contributed by atoms with Crippen molar-refractivity contribution in [1.29, 1.82) is 0 Å². The van der Waals surface area contributed by atoms with Crippen molar-refractivity contribution in [3.8, 4) is 0 Å². The number of carboxylic acid groups (broad SMARTS) is 2. The third kappa shape index (κ3) is 12.9. The molecule has 0 aliphatic carbocycles. The SMILES string of the molecule is CCCCCCCCC(CCCCCCCC)(C(=O)O)C(C(=O)O)S(=O)(=O)O.[Cl-].[Na+]. The quantitative estimate of drug-likeness (QED) is 0.129. The van der Waals surface area contributed by atoms with E-state index in [9.17, 15) is 32.8 Å². The number of rotatable bonds is 18. The van der Waals surface area contributed by atoms with Gasteiger partial charge in [0.05, 0.1) is 5.41 Å². The Balaban J connectivity index is -0.00000364. The third-order valence-corrected chi connectivity index (χ3v) is 6.65. The summed E-state index contributed by atoms with van der Waals surface area (Å²) in [7, 11) is -5.05. The largest absolute Gasteiger partial charge is 1.00 e. The van der Waals surface area contributed by atoms with E-state index in [1.165, 1.54) is 0 Å². The summed E-state index contributed by atoms with van der Waals surface area (Å²) < 4.78 is 33.1. The van der Waals surface area contributed by atoms with Gasteiger partial charge >= 0.3 is 41.5 Å². The minimum atomic E-state index is -5.05. The topological polar surface area (TPSA) is 129 Å². The summed E-state index contributed by atoms with van der Waals surface area (Å²) in [4.78, 5) is 23.8. The summed E-state index contributed by atoms with van der Waals surface area (Å²) >= 11 is 0. The molecule has 0 radical (unpaired) electrons. The fraction of sp³-hybridized carbons (Fsp3) is 0.900. The molecule has 0 saturated heterocycles. The van der Waals surface area contributed by atoms with E-state index in [2.05, 4.69) is 13.8 Å². The first kappa shape index (κ1) is 34.7. The van der Waals surface area contributed by atoms with Crippen molar-refractivity contribution in [1.82, 2.24) is 0 Å². The molecule has 0 bridgehead atoms. The van der Waals surface area contributed by atoms with Crippen LogP contribution in [0.1, 0.15) is 104 Å². The van der Waals surface area contributed by atoms with Crippen molar-refractivity contribution in [3.05, 3.63) is 0 Å². The molecule has 0 rings (SSSR count). The van der Waals surface area contributed by atoms with Gasteiger partial charge in [-0.2, -0.15) is 8.42 Å². The second-order valence-corrected chi connectivity index (χ2v) is 9.23. The molecule has 0 aromatic heterocycles. The van der Waals surface area contributed by atoms with E-state index < -0.39 is 32.7 Å². The number of halogens is 1. The summed E-state index contributed by atoms with van der Waals surface area (Å²) in [5, 5.41) is 16.9. The van der Waals surface area contributed by atoms with Crippen molar-refractivity contribution in [2.75, 3.05) is 0 Å². The molecule has 0 aromatic rings. The summed E-state index contributed by atoms with van der Waals surface area (Å²) in [5.74, 6) is -3.26. The van der Waals surface area contributed by atoms with Gasteiger partial charge in [-0.25, -0.2) is 0 Å². The number of carbonyl (C=O) groups is 2. The second kappa shape index (κ2) is 18.7. The Hall–Kier alpha value is 0.140. The summed E-state index contributed by atoms with van der Waals surface area (Å²) in [5.41, 5.74) is -2.01. The molecule has 1 atom stereocenters. The van der Waals surface area contributed by atoms with Crippen LogP contribution in [0.3, 0.4) is 0 Å². The van der Waals surface area contributed by atoms with Crippen molar-refractivity contribution < 1.29 is 74.7 Å². The molecule has 0 fully saturated rings. The molecule has 0 spiro atoms. The fourth-order valence-electron chi connectivity index (χ4n) is 3.80. The van der Waals surface area contributed by atoms with Crippen LogP contribution >= 0.6 is 0 Å². The Kier molecular flexibility index (Phi) is 21.6. The van der Waals surface area contributed by atoms with Crippen LogP contribution in [0.25, 0.3) is 0 Å². The molecule has 0 aliphatic rings. The molecule has 3 N–H and O–H groups in total. The van der Waals surface area contributed by atoms with Crippen LogP contribution in [0.15, 0.2) is 0 Å². The van der Waals surface area contributed by atoms with Crippen molar-refractivity contribution >= 4 is 22.1 Å². The van der Waals surface area contributed by atoms with Crippen molar-refractivity contribution in [2.45, 2.75) is 109 Å². The molecule has 174 valence electrons. The minimum absolute atomic E-state index is 0. The van der Waals surface area contributed by atoms with Crippen LogP contribution < -0.4 is 42.0 Å². The Morgan fingerprint density at radius 3 is 1.37 bits per heavy atom. The number of aliphatic carboxylic acids is 2. The third-order valence-electron chi connectivity index (χ3n) is 5.40. The van der Waals surface area contributed by atoms with Gasteiger partial charge in [0.15, 0.2) is 5.25 Å². The molecule has 10 heteroatoms. The van der Waals surface area contributed by atoms with Crippen LogP contribution in [0.5, 0.6) is 0 Å². The zero-order valence-electron chi connectivity index (χ0n) is 18.7. The molecule has 30 heavy (non-hydrogen) atoms. The van der Waals surface area contributed by atoms with E-state index in [1.54, 1.807) is 0 Å². The number of unbranched alkanes of at least 4 members (excludes halogenated alkanes) is 10. The van der Waals surface area contributed by atoms with E-state index >= 15 is 0 Å². The van der Waals surface area contributed by atoms with Gasteiger partial charge in [-0.1, -0.05) is 90.9 Å². The van der Waals surface area contributed by atoms with Crippen molar-refractivity contribution in [3.63, 3.8) is 0 Å². The van der Waals surface area contributed by atoms with Gasteiger partial charge in [-0.3, -0.25) is 14.1 Å². The standard InChI is InChI=1S/C20H38O7S.ClH.Na/c1-3-5-7-9-11-13-15-20(19(23)24,16-14-12-10-8-6-4-2)17(18(21)22)28(25,26)27;;/h17H,3-16H2,1-2H3,(H,21,22)(H,23,24)(H,25,26,27);1H;/q;;+1/p-1. The van der Waals surface area contributed by atoms with Gasteiger partial charge in [-0.05, 0) is 12.8 Å². The number of hydrogen-bond acceptors (Lipinski definition) is 4. The Morgan fingerprint density at radius 2 is 1.10 bits per heavy atom. The summed E-state index contributed by atoms with van der Waals surface area (Å²) in [6, 6.07) is 0. The van der Waals surface area contributed by atoms with E-state index in [4.69, 9.17) is 0 Å². The fourth-order valence-corrected chi connectivity index (χ4v) is 4.97. The molecule has 0 aliphatic heterocycles. The first-order chi connectivity index (χ1) is 13.1. The maximum absolute atomic E-state index is 12.1. The molecule has 1 unspecified atom stereocenters. The Morgan fingerprint density at radius 1 is 0.767 bits per heavy atom. The average molecular weight is 481 g/mol. The summed E-state index contributed by atoms with van der Waals surface area (Å²) in [6.07, 6.45) is 10.2. The smallest absolute Gasteiger partial charge is 1.00 e. The molecule has 0 saturated carbocycles. The van der Waals surface area contributed by atoms with Gasteiger partial charge in [0.2, 0.25) is 0 Å². The minimum Gasteiger partial charge on any atom is -1.00 e. The predicted octanol–water partition coefficient (Wildman–Crippen LogP) is -1.09.